The number of rotatable bonds is 8. The van der Waals surface area contributed by atoms with Crippen LogP contribution in [-0.2, 0) is 19.1 Å². The Balaban J connectivity index is 2.61. The molecule has 0 heterocycles. The van der Waals surface area contributed by atoms with Crippen LogP contribution in [-0.4, -0.2) is 34.7 Å². The molecule has 0 saturated carbocycles. The Kier molecular flexibility index (Phi) is 6.88. The summed E-state index contributed by atoms with van der Waals surface area (Å²) in [6.07, 6.45) is 1.17. The third kappa shape index (κ3) is 5.04. The van der Waals surface area contributed by atoms with E-state index in [1.165, 1.54) is 6.08 Å². The largest absolute Gasteiger partial charge is 0.481 e. The SMILES string of the molecule is CCOC(=O)C(=CC(C(=O)O)c1ccccc1)C(C(=O)O)c1ccccc1. The minimum atomic E-state index is -1.34. The van der Waals surface area contributed by atoms with Crippen molar-refractivity contribution in [3.05, 3.63) is 83.4 Å². The summed E-state index contributed by atoms with van der Waals surface area (Å²) in [6, 6.07) is 16.5. The van der Waals surface area contributed by atoms with Gasteiger partial charge in [0.2, 0.25) is 0 Å². The second kappa shape index (κ2) is 9.33. The van der Waals surface area contributed by atoms with Gasteiger partial charge < -0.3 is 14.9 Å². The van der Waals surface area contributed by atoms with E-state index >= 15 is 0 Å². The number of esters is 1. The molecular weight excluding hydrogens is 348 g/mol. The number of ether oxygens (including phenoxy) is 1. The molecule has 2 N–H and O–H groups in total. The Bertz CT molecular complexity index is 826. The topological polar surface area (TPSA) is 101 Å². The highest BCUT2D eigenvalue weighted by atomic mass is 16.5. The summed E-state index contributed by atoms with van der Waals surface area (Å²) in [7, 11) is 0. The number of carboxylic acid groups (broad SMARTS) is 2. The van der Waals surface area contributed by atoms with Crippen molar-refractivity contribution < 1.29 is 29.3 Å². The molecule has 140 valence electrons. The van der Waals surface area contributed by atoms with Crippen molar-refractivity contribution in [2.45, 2.75) is 18.8 Å². The number of carbonyl (C=O) groups is 3. The first-order valence-electron chi connectivity index (χ1n) is 8.40. The van der Waals surface area contributed by atoms with Crippen molar-refractivity contribution in [2.24, 2.45) is 0 Å². The molecule has 0 bridgehead atoms. The van der Waals surface area contributed by atoms with Gasteiger partial charge in [-0.05, 0) is 18.1 Å². The maximum atomic E-state index is 12.5. The van der Waals surface area contributed by atoms with Gasteiger partial charge in [0.25, 0.3) is 0 Å². The molecule has 2 aromatic rings. The number of hydrogen-bond acceptors (Lipinski definition) is 4. The molecule has 27 heavy (non-hydrogen) atoms. The Labute approximate surface area is 156 Å². The van der Waals surface area contributed by atoms with Crippen LogP contribution in [0, 0.1) is 0 Å². The number of carboxylic acids is 2. The molecule has 2 unspecified atom stereocenters. The van der Waals surface area contributed by atoms with Gasteiger partial charge in [0.05, 0.1) is 12.2 Å². The fourth-order valence-electron chi connectivity index (χ4n) is 2.75. The van der Waals surface area contributed by atoms with Crippen LogP contribution in [0.4, 0.5) is 0 Å². The van der Waals surface area contributed by atoms with Crippen molar-refractivity contribution in [3.63, 3.8) is 0 Å². The van der Waals surface area contributed by atoms with Crippen molar-refractivity contribution in [1.29, 1.82) is 0 Å². The lowest BCUT2D eigenvalue weighted by Gasteiger charge is -2.18. The van der Waals surface area contributed by atoms with Crippen LogP contribution in [0.15, 0.2) is 72.3 Å². The van der Waals surface area contributed by atoms with Gasteiger partial charge in [0.15, 0.2) is 0 Å². The first-order chi connectivity index (χ1) is 13.0. The van der Waals surface area contributed by atoms with E-state index in [0.29, 0.717) is 11.1 Å². The van der Waals surface area contributed by atoms with Gasteiger partial charge in [-0.2, -0.15) is 0 Å². The zero-order valence-corrected chi connectivity index (χ0v) is 14.7. The molecule has 0 amide bonds. The van der Waals surface area contributed by atoms with E-state index in [1.807, 2.05) is 0 Å². The summed E-state index contributed by atoms with van der Waals surface area (Å²) < 4.78 is 5.01. The second-order valence-electron chi connectivity index (χ2n) is 5.75. The molecule has 2 rings (SSSR count). The summed E-state index contributed by atoms with van der Waals surface area (Å²) in [4.78, 5) is 36.2. The molecule has 0 aliphatic rings. The van der Waals surface area contributed by atoms with E-state index in [2.05, 4.69) is 0 Å². The van der Waals surface area contributed by atoms with Crippen LogP contribution in [0.5, 0.6) is 0 Å². The van der Waals surface area contributed by atoms with Crippen molar-refractivity contribution in [1.82, 2.24) is 0 Å². The fraction of sp³-hybridized carbons (Fsp3) is 0.190. The standard InChI is InChI=1S/C21H20O6/c1-2-27-21(26)17(18(20(24)25)15-11-7-4-8-12-15)13-16(19(22)23)14-9-5-3-6-10-14/h3-13,16,18H,2H2,1H3,(H,22,23)(H,24,25). The van der Waals surface area contributed by atoms with E-state index in [9.17, 15) is 24.6 Å². The molecular formula is C21H20O6. The van der Waals surface area contributed by atoms with Crippen LogP contribution >= 0.6 is 0 Å². The van der Waals surface area contributed by atoms with E-state index in [-0.39, 0.29) is 12.2 Å². The summed E-state index contributed by atoms with van der Waals surface area (Å²) in [5, 5.41) is 19.4. The lowest BCUT2D eigenvalue weighted by atomic mass is 9.87. The summed E-state index contributed by atoms with van der Waals surface area (Å²) >= 11 is 0. The smallest absolute Gasteiger partial charge is 0.334 e. The van der Waals surface area contributed by atoms with Crippen molar-refractivity contribution >= 4 is 17.9 Å². The maximum absolute atomic E-state index is 12.5. The maximum Gasteiger partial charge on any atom is 0.334 e. The predicted molar refractivity (Wildman–Crippen MR) is 98.4 cm³/mol. The van der Waals surface area contributed by atoms with Crippen LogP contribution in [0.25, 0.3) is 0 Å². The highest BCUT2D eigenvalue weighted by molar-refractivity contribution is 5.99. The summed E-state index contributed by atoms with van der Waals surface area (Å²) in [5.74, 6) is -5.83. The van der Waals surface area contributed by atoms with E-state index in [4.69, 9.17) is 4.74 Å². The van der Waals surface area contributed by atoms with Crippen LogP contribution in [0.2, 0.25) is 0 Å². The molecule has 0 aromatic heterocycles. The highest BCUT2D eigenvalue weighted by Crippen LogP contribution is 2.30. The normalized spacial score (nSPS) is 13.4. The lowest BCUT2D eigenvalue weighted by molar-refractivity contribution is -0.144. The third-order valence-corrected chi connectivity index (χ3v) is 3.97. The Hall–Kier alpha value is -3.41. The average molecular weight is 368 g/mol. The summed E-state index contributed by atoms with van der Waals surface area (Å²) in [5.41, 5.74) is 0.581. The highest BCUT2D eigenvalue weighted by Gasteiger charge is 2.32. The number of hydrogen-bond donors (Lipinski definition) is 2. The van der Waals surface area contributed by atoms with Gasteiger partial charge in [-0.25, -0.2) is 4.79 Å². The summed E-state index contributed by atoms with van der Waals surface area (Å²) in [6.45, 7) is 1.64. The molecule has 0 aliphatic heterocycles. The lowest BCUT2D eigenvalue weighted by Crippen LogP contribution is -2.23. The zero-order chi connectivity index (χ0) is 19.8. The van der Waals surface area contributed by atoms with Crippen LogP contribution in [0.3, 0.4) is 0 Å². The molecule has 2 aromatic carbocycles. The molecule has 0 aliphatic carbocycles. The third-order valence-electron chi connectivity index (χ3n) is 3.97. The Morgan fingerprint density at radius 2 is 1.41 bits per heavy atom. The van der Waals surface area contributed by atoms with Gasteiger partial charge in [-0.15, -0.1) is 0 Å². The average Bonchev–Trinajstić information content (AvgIpc) is 2.66. The van der Waals surface area contributed by atoms with E-state index < -0.39 is 29.7 Å². The molecule has 6 nitrogen and oxygen atoms in total. The Morgan fingerprint density at radius 3 is 1.85 bits per heavy atom. The van der Waals surface area contributed by atoms with Crippen molar-refractivity contribution in [3.8, 4) is 0 Å². The van der Waals surface area contributed by atoms with Crippen LogP contribution < -0.4 is 0 Å². The second-order valence-corrected chi connectivity index (χ2v) is 5.75. The monoisotopic (exact) mass is 368 g/mol. The van der Waals surface area contributed by atoms with Gasteiger partial charge in [-0.1, -0.05) is 66.7 Å². The molecule has 2 atom stereocenters. The van der Waals surface area contributed by atoms with Gasteiger partial charge >= 0.3 is 17.9 Å². The van der Waals surface area contributed by atoms with E-state index in [1.54, 1.807) is 67.6 Å². The van der Waals surface area contributed by atoms with E-state index in [0.717, 1.165) is 0 Å². The number of benzene rings is 2. The molecule has 6 heteroatoms. The molecule has 0 spiro atoms. The minimum absolute atomic E-state index is 0.0420. The number of aliphatic carboxylic acids is 2. The zero-order valence-electron chi connectivity index (χ0n) is 14.7. The molecule has 0 saturated heterocycles. The Morgan fingerprint density at radius 1 is 0.889 bits per heavy atom. The minimum Gasteiger partial charge on any atom is -0.481 e. The van der Waals surface area contributed by atoms with Gasteiger partial charge in [0.1, 0.15) is 11.8 Å². The van der Waals surface area contributed by atoms with Crippen LogP contribution in [0.1, 0.15) is 29.9 Å². The fourth-order valence-corrected chi connectivity index (χ4v) is 2.75. The quantitative estimate of drug-likeness (QED) is 0.548. The number of carbonyl (C=O) groups excluding carboxylic acids is 1. The molecule has 0 fully saturated rings. The first-order valence-corrected chi connectivity index (χ1v) is 8.40. The van der Waals surface area contributed by atoms with Crippen molar-refractivity contribution in [2.75, 3.05) is 6.61 Å². The first kappa shape index (κ1) is 19.9. The predicted octanol–water partition coefficient (Wildman–Crippen LogP) is 3.21. The van der Waals surface area contributed by atoms with Gasteiger partial charge in [0, 0.05) is 0 Å². The van der Waals surface area contributed by atoms with Gasteiger partial charge in [-0.3, -0.25) is 9.59 Å². The molecule has 0 radical (unpaired) electrons.